The maximum Gasteiger partial charge on any atom is 0.151 e. The summed E-state index contributed by atoms with van der Waals surface area (Å²) in [4.78, 5) is 4.36. The number of nitrogen functional groups attached to an aromatic ring is 1. The highest BCUT2D eigenvalue weighted by molar-refractivity contribution is 9.10. The number of thiazole rings is 1. The Balaban J connectivity index is 2.48. The summed E-state index contributed by atoms with van der Waals surface area (Å²) in [6.07, 6.45) is 0. The molecule has 15 heavy (non-hydrogen) atoms. The predicted molar refractivity (Wildman–Crippen MR) is 67.8 cm³/mol. The van der Waals surface area contributed by atoms with Gasteiger partial charge in [-0.15, -0.1) is 11.3 Å². The molecule has 2 rings (SSSR count). The number of anilines is 1. The highest BCUT2D eigenvalue weighted by Crippen LogP contribution is 2.30. The van der Waals surface area contributed by atoms with Gasteiger partial charge in [0.1, 0.15) is 5.01 Å². The average Bonchev–Trinajstić information content (AvgIpc) is 2.70. The van der Waals surface area contributed by atoms with E-state index in [2.05, 4.69) is 45.4 Å². The monoisotopic (exact) mass is 283 g/mol. The van der Waals surface area contributed by atoms with E-state index in [4.69, 9.17) is 5.84 Å². The maximum absolute atomic E-state index is 5.29. The summed E-state index contributed by atoms with van der Waals surface area (Å²) < 4.78 is 1.06. The van der Waals surface area contributed by atoms with Gasteiger partial charge in [-0.05, 0) is 24.6 Å². The Bertz CT molecular complexity index is 481. The molecule has 0 saturated heterocycles. The van der Waals surface area contributed by atoms with Gasteiger partial charge in [0.2, 0.25) is 0 Å². The summed E-state index contributed by atoms with van der Waals surface area (Å²) in [5.74, 6) is 6.00. The molecule has 1 heterocycles. The topological polar surface area (TPSA) is 50.9 Å². The molecule has 0 aliphatic heterocycles. The van der Waals surface area contributed by atoms with Gasteiger partial charge in [0.15, 0.2) is 5.82 Å². The van der Waals surface area contributed by atoms with Gasteiger partial charge in [-0.2, -0.15) is 0 Å². The van der Waals surface area contributed by atoms with Gasteiger partial charge in [0, 0.05) is 15.4 Å². The van der Waals surface area contributed by atoms with Crippen LogP contribution in [0, 0.1) is 6.92 Å². The molecule has 0 unspecified atom stereocenters. The molecule has 0 saturated carbocycles. The van der Waals surface area contributed by atoms with Crippen molar-refractivity contribution in [2.24, 2.45) is 5.84 Å². The number of aryl methyl sites for hydroxylation is 1. The van der Waals surface area contributed by atoms with Crippen LogP contribution >= 0.6 is 27.3 Å². The maximum atomic E-state index is 5.29. The van der Waals surface area contributed by atoms with E-state index in [1.54, 1.807) is 11.3 Å². The van der Waals surface area contributed by atoms with E-state index in [9.17, 15) is 0 Å². The minimum atomic E-state index is 0.703. The second kappa shape index (κ2) is 4.30. The molecule has 0 bridgehead atoms. The molecule has 3 N–H and O–H groups in total. The molecule has 0 fully saturated rings. The van der Waals surface area contributed by atoms with Gasteiger partial charge in [-0.3, -0.25) is 0 Å². The van der Waals surface area contributed by atoms with Crippen LogP contribution in [-0.2, 0) is 0 Å². The SMILES string of the molecule is Cc1ccc(Br)cc1-c1nc(NN)cs1. The number of nitrogens with zero attached hydrogens (tertiary/aromatic N) is 1. The lowest BCUT2D eigenvalue weighted by atomic mass is 10.1. The van der Waals surface area contributed by atoms with Crippen molar-refractivity contribution in [3.05, 3.63) is 33.6 Å². The van der Waals surface area contributed by atoms with Crippen molar-refractivity contribution in [2.75, 3.05) is 5.43 Å². The van der Waals surface area contributed by atoms with Gasteiger partial charge in [-0.1, -0.05) is 22.0 Å². The van der Waals surface area contributed by atoms with Crippen molar-refractivity contribution < 1.29 is 0 Å². The first-order chi connectivity index (χ1) is 7.20. The van der Waals surface area contributed by atoms with Crippen molar-refractivity contribution in [1.29, 1.82) is 0 Å². The van der Waals surface area contributed by atoms with Gasteiger partial charge in [0.25, 0.3) is 0 Å². The number of hydrazine groups is 1. The standard InChI is InChI=1S/C10H10BrN3S/c1-6-2-3-7(11)4-8(6)10-13-9(14-12)5-15-10/h2-5,14H,12H2,1H3. The van der Waals surface area contributed by atoms with Crippen LogP contribution in [-0.4, -0.2) is 4.98 Å². The molecule has 0 amide bonds. The number of aromatic nitrogens is 1. The van der Waals surface area contributed by atoms with Crippen molar-refractivity contribution in [3.63, 3.8) is 0 Å². The molecular weight excluding hydrogens is 274 g/mol. The average molecular weight is 284 g/mol. The molecule has 78 valence electrons. The Hall–Kier alpha value is -0.910. The van der Waals surface area contributed by atoms with Gasteiger partial charge in [0.05, 0.1) is 0 Å². The number of hydrogen-bond acceptors (Lipinski definition) is 4. The number of hydrogen-bond donors (Lipinski definition) is 2. The summed E-state index contributed by atoms with van der Waals surface area (Å²) in [5.41, 5.74) is 4.88. The second-order valence-corrected chi connectivity index (χ2v) is 4.92. The van der Waals surface area contributed by atoms with Crippen LogP contribution in [0.15, 0.2) is 28.1 Å². The highest BCUT2D eigenvalue weighted by atomic mass is 79.9. The summed E-state index contributed by atoms with van der Waals surface area (Å²) in [5, 5.41) is 2.87. The normalized spacial score (nSPS) is 10.3. The molecule has 0 atom stereocenters. The Morgan fingerprint density at radius 1 is 1.47 bits per heavy atom. The van der Waals surface area contributed by atoms with Crippen LogP contribution < -0.4 is 11.3 Å². The summed E-state index contributed by atoms with van der Waals surface area (Å²) in [6.45, 7) is 2.07. The minimum absolute atomic E-state index is 0.703. The molecular formula is C10H10BrN3S. The minimum Gasteiger partial charge on any atom is -0.308 e. The molecule has 3 nitrogen and oxygen atoms in total. The number of halogens is 1. The Labute approximate surface area is 100 Å². The Morgan fingerprint density at radius 2 is 2.27 bits per heavy atom. The third-order valence-corrected chi connectivity index (χ3v) is 3.45. The van der Waals surface area contributed by atoms with Crippen LogP contribution in [0.4, 0.5) is 5.82 Å². The first-order valence-electron chi connectivity index (χ1n) is 4.39. The van der Waals surface area contributed by atoms with Crippen molar-refractivity contribution in [3.8, 4) is 10.6 Å². The van der Waals surface area contributed by atoms with E-state index in [0.717, 1.165) is 15.0 Å². The number of nitrogens with one attached hydrogen (secondary N) is 1. The third-order valence-electron chi connectivity index (χ3n) is 2.08. The molecule has 0 aliphatic carbocycles. The zero-order valence-corrected chi connectivity index (χ0v) is 10.5. The Kier molecular flexibility index (Phi) is 3.04. The fourth-order valence-electron chi connectivity index (χ4n) is 1.29. The number of rotatable bonds is 2. The zero-order valence-electron chi connectivity index (χ0n) is 8.12. The zero-order chi connectivity index (χ0) is 10.8. The van der Waals surface area contributed by atoms with Crippen LogP contribution in [0.25, 0.3) is 10.6 Å². The smallest absolute Gasteiger partial charge is 0.151 e. The molecule has 0 aliphatic rings. The highest BCUT2D eigenvalue weighted by Gasteiger charge is 2.07. The quantitative estimate of drug-likeness (QED) is 0.658. The first-order valence-corrected chi connectivity index (χ1v) is 6.06. The first kappa shape index (κ1) is 10.6. The lowest BCUT2D eigenvalue weighted by Crippen LogP contribution is -2.06. The van der Waals surface area contributed by atoms with Gasteiger partial charge in [-0.25, -0.2) is 10.8 Å². The second-order valence-electron chi connectivity index (χ2n) is 3.14. The van der Waals surface area contributed by atoms with Crippen molar-refractivity contribution in [1.82, 2.24) is 4.98 Å². The van der Waals surface area contributed by atoms with Crippen molar-refractivity contribution in [2.45, 2.75) is 6.92 Å². The van der Waals surface area contributed by atoms with Crippen LogP contribution in [0.5, 0.6) is 0 Å². The number of nitrogens with two attached hydrogens (primary N) is 1. The molecule has 2 aromatic rings. The fraction of sp³-hybridized carbons (Fsp3) is 0.100. The van der Waals surface area contributed by atoms with E-state index in [-0.39, 0.29) is 0 Å². The molecule has 1 aromatic carbocycles. The molecule has 0 spiro atoms. The third kappa shape index (κ3) is 2.19. The van der Waals surface area contributed by atoms with Gasteiger partial charge < -0.3 is 5.43 Å². The molecule has 0 radical (unpaired) electrons. The van der Waals surface area contributed by atoms with E-state index >= 15 is 0 Å². The summed E-state index contributed by atoms with van der Waals surface area (Å²) in [7, 11) is 0. The van der Waals surface area contributed by atoms with Crippen LogP contribution in [0.1, 0.15) is 5.56 Å². The van der Waals surface area contributed by atoms with E-state index in [0.29, 0.717) is 5.82 Å². The fourth-order valence-corrected chi connectivity index (χ4v) is 2.49. The van der Waals surface area contributed by atoms with E-state index in [1.807, 2.05) is 11.4 Å². The van der Waals surface area contributed by atoms with Crippen LogP contribution in [0.3, 0.4) is 0 Å². The summed E-state index contributed by atoms with van der Waals surface area (Å²) in [6, 6.07) is 6.15. The van der Waals surface area contributed by atoms with Gasteiger partial charge >= 0.3 is 0 Å². The largest absolute Gasteiger partial charge is 0.308 e. The predicted octanol–water partition coefficient (Wildman–Crippen LogP) is 3.17. The molecule has 5 heteroatoms. The Morgan fingerprint density at radius 3 is 2.93 bits per heavy atom. The lowest BCUT2D eigenvalue weighted by molar-refractivity contribution is 1.27. The van der Waals surface area contributed by atoms with Crippen molar-refractivity contribution >= 4 is 33.1 Å². The van der Waals surface area contributed by atoms with E-state index < -0.39 is 0 Å². The number of benzene rings is 1. The molecule has 1 aromatic heterocycles. The summed E-state index contributed by atoms with van der Waals surface area (Å²) >= 11 is 5.03. The van der Waals surface area contributed by atoms with Crippen LogP contribution in [0.2, 0.25) is 0 Å². The lowest BCUT2D eigenvalue weighted by Gasteiger charge is -2.02. The van der Waals surface area contributed by atoms with E-state index in [1.165, 1.54) is 5.56 Å².